The van der Waals surface area contributed by atoms with Gasteiger partial charge in [0.1, 0.15) is 5.82 Å². The zero-order valence-corrected chi connectivity index (χ0v) is 14.5. The van der Waals surface area contributed by atoms with E-state index in [1.807, 2.05) is 0 Å². The van der Waals surface area contributed by atoms with E-state index in [4.69, 9.17) is 5.14 Å². The van der Waals surface area contributed by atoms with Gasteiger partial charge in [-0.05, 0) is 30.3 Å². The van der Waals surface area contributed by atoms with Gasteiger partial charge < -0.3 is 10.2 Å². The molecule has 8 heteroatoms. The number of primary sulfonamides is 1. The van der Waals surface area contributed by atoms with Crippen LogP contribution >= 0.6 is 0 Å². The molecule has 0 aliphatic carbocycles. The van der Waals surface area contributed by atoms with E-state index < -0.39 is 21.7 Å². The number of benzene rings is 2. The lowest BCUT2D eigenvalue weighted by molar-refractivity contribution is -0.111. The van der Waals surface area contributed by atoms with Gasteiger partial charge in [0.25, 0.3) is 0 Å². The van der Waals surface area contributed by atoms with Crippen molar-refractivity contribution in [2.75, 3.05) is 24.3 Å². The van der Waals surface area contributed by atoms with Crippen molar-refractivity contribution in [2.24, 2.45) is 5.14 Å². The summed E-state index contributed by atoms with van der Waals surface area (Å²) in [5.41, 5.74) is 1.14. The van der Waals surface area contributed by atoms with E-state index in [0.29, 0.717) is 5.69 Å². The fraction of sp³-hybridized carbons (Fsp3) is 0.118. The second-order valence-electron chi connectivity index (χ2n) is 5.46. The number of nitrogens with two attached hydrogens (primary N) is 1. The zero-order valence-electron chi connectivity index (χ0n) is 13.7. The summed E-state index contributed by atoms with van der Waals surface area (Å²) in [5.74, 6) is -0.977. The average Bonchev–Trinajstić information content (AvgIpc) is 2.53. The van der Waals surface area contributed by atoms with E-state index in [2.05, 4.69) is 5.32 Å². The topological polar surface area (TPSA) is 92.5 Å². The van der Waals surface area contributed by atoms with Crippen LogP contribution in [0.4, 0.5) is 15.8 Å². The van der Waals surface area contributed by atoms with E-state index in [1.54, 1.807) is 31.1 Å². The smallest absolute Gasteiger partial charge is 0.248 e. The number of anilines is 2. The number of amides is 1. The number of nitrogens with zero attached hydrogens (tertiary/aromatic N) is 1. The molecule has 132 valence electrons. The van der Waals surface area contributed by atoms with Crippen molar-refractivity contribution in [1.29, 1.82) is 0 Å². The molecule has 3 N–H and O–H groups in total. The lowest BCUT2D eigenvalue weighted by Crippen LogP contribution is -2.17. The van der Waals surface area contributed by atoms with Gasteiger partial charge >= 0.3 is 0 Å². The molecule has 25 heavy (non-hydrogen) atoms. The first kappa shape index (κ1) is 18.6. The maximum Gasteiger partial charge on any atom is 0.248 e. The van der Waals surface area contributed by atoms with Crippen LogP contribution in [-0.4, -0.2) is 28.4 Å². The summed E-state index contributed by atoms with van der Waals surface area (Å²) in [6.45, 7) is 0. The molecule has 0 saturated heterocycles. The van der Waals surface area contributed by atoms with Crippen molar-refractivity contribution < 1.29 is 17.6 Å². The number of halogens is 1. The molecule has 0 heterocycles. The highest BCUT2D eigenvalue weighted by Gasteiger charge is 2.14. The first-order valence-electron chi connectivity index (χ1n) is 7.26. The van der Waals surface area contributed by atoms with Gasteiger partial charge in [-0.15, -0.1) is 0 Å². The van der Waals surface area contributed by atoms with Crippen LogP contribution in [0.1, 0.15) is 5.56 Å². The van der Waals surface area contributed by atoms with Crippen molar-refractivity contribution in [1.82, 2.24) is 0 Å². The Kier molecular flexibility index (Phi) is 5.55. The van der Waals surface area contributed by atoms with E-state index in [0.717, 1.165) is 0 Å². The second kappa shape index (κ2) is 7.45. The SMILES string of the molecule is CN(C)c1ccc(S(N)(=O)=O)cc1NC(=O)/C=C/c1ccccc1F. The number of hydrogen-bond donors (Lipinski definition) is 2. The predicted octanol–water partition coefficient (Wildman–Crippen LogP) is 2.19. The summed E-state index contributed by atoms with van der Waals surface area (Å²) in [4.78, 5) is 13.7. The van der Waals surface area contributed by atoms with Gasteiger partial charge in [0, 0.05) is 25.7 Å². The molecule has 0 radical (unpaired) electrons. The Balaban J connectivity index is 2.29. The highest BCUT2D eigenvalue weighted by Crippen LogP contribution is 2.27. The van der Waals surface area contributed by atoms with E-state index in [-0.39, 0.29) is 16.1 Å². The minimum Gasteiger partial charge on any atom is -0.376 e. The second-order valence-corrected chi connectivity index (χ2v) is 7.02. The number of nitrogens with one attached hydrogen (secondary N) is 1. The zero-order chi connectivity index (χ0) is 18.6. The van der Waals surface area contributed by atoms with Crippen LogP contribution in [0.15, 0.2) is 53.4 Å². The van der Waals surface area contributed by atoms with Crippen molar-refractivity contribution in [3.8, 4) is 0 Å². The van der Waals surface area contributed by atoms with E-state index >= 15 is 0 Å². The van der Waals surface area contributed by atoms with Gasteiger partial charge in [-0.1, -0.05) is 18.2 Å². The maximum absolute atomic E-state index is 13.6. The molecule has 0 unspecified atom stereocenters. The van der Waals surface area contributed by atoms with Gasteiger partial charge in [0.05, 0.1) is 16.3 Å². The molecule has 2 aromatic rings. The quantitative estimate of drug-likeness (QED) is 0.797. The summed E-state index contributed by atoms with van der Waals surface area (Å²) >= 11 is 0. The molecule has 0 saturated carbocycles. The van der Waals surface area contributed by atoms with Crippen LogP contribution in [-0.2, 0) is 14.8 Å². The van der Waals surface area contributed by atoms with Crippen LogP contribution in [0.3, 0.4) is 0 Å². The summed E-state index contributed by atoms with van der Waals surface area (Å²) in [6.07, 6.45) is 2.50. The molecule has 0 spiro atoms. The van der Waals surface area contributed by atoms with Crippen molar-refractivity contribution in [3.05, 3.63) is 59.9 Å². The third-order valence-electron chi connectivity index (χ3n) is 3.36. The molecule has 0 aliphatic heterocycles. The van der Waals surface area contributed by atoms with Gasteiger partial charge in [-0.25, -0.2) is 17.9 Å². The van der Waals surface area contributed by atoms with Crippen molar-refractivity contribution in [2.45, 2.75) is 4.90 Å². The van der Waals surface area contributed by atoms with Crippen LogP contribution in [0.2, 0.25) is 0 Å². The molecular formula is C17H18FN3O3S. The van der Waals surface area contributed by atoms with Gasteiger partial charge in [-0.2, -0.15) is 0 Å². The van der Waals surface area contributed by atoms with Crippen LogP contribution in [0.5, 0.6) is 0 Å². The molecule has 1 amide bonds. The molecular weight excluding hydrogens is 345 g/mol. The lowest BCUT2D eigenvalue weighted by Gasteiger charge is -2.18. The maximum atomic E-state index is 13.6. The molecule has 2 rings (SSSR count). The van der Waals surface area contributed by atoms with Gasteiger partial charge in [0.2, 0.25) is 15.9 Å². The Hall–Kier alpha value is -2.71. The standard InChI is InChI=1S/C17H18FN3O3S/c1-21(2)16-9-8-13(25(19,23)24)11-15(16)20-17(22)10-7-12-5-3-4-6-14(12)18/h3-11H,1-2H3,(H,20,22)(H2,19,23,24)/b10-7+. The summed E-state index contributed by atoms with van der Waals surface area (Å²) < 4.78 is 36.5. The fourth-order valence-corrected chi connectivity index (χ4v) is 2.67. The highest BCUT2D eigenvalue weighted by molar-refractivity contribution is 7.89. The predicted molar refractivity (Wildman–Crippen MR) is 96.2 cm³/mol. The first-order chi connectivity index (χ1) is 11.7. The van der Waals surface area contributed by atoms with E-state index in [1.165, 1.54) is 42.5 Å². The van der Waals surface area contributed by atoms with Crippen LogP contribution < -0.4 is 15.4 Å². The molecule has 0 aromatic heterocycles. The molecule has 0 aliphatic rings. The van der Waals surface area contributed by atoms with Gasteiger partial charge in [0.15, 0.2) is 0 Å². The fourth-order valence-electron chi connectivity index (χ4n) is 2.13. The number of carbonyl (C=O) groups excluding carboxylic acids is 1. The molecule has 0 atom stereocenters. The number of rotatable bonds is 5. The summed E-state index contributed by atoms with van der Waals surface area (Å²) in [6, 6.07) is 10.2. The minimum atomic E-state index is -3.90. The highest BCUT2D eigenvalue weighted by atomic mass is 32.2. The van der Waals surface area contributed by atoms with Crippen LogP contribution in [0, 0.1) is 5.82 Å². The van der Waals surface area contributed by atoms with Crippen LogP contribution in [0.25, 0.3) is 6.08 Å². The minimum absolute atomic E-state index is 0.119. The Morgan fingerprint density at radius 3 is 2.48 bits per heavy atom. The summed E-state index contributed by atoms with van der Waals surface area (Å²) in [5, 5.41) is 7.71. The van der Waals surface area contributed by atoms with Crippen molar-refractivity contribution in [3.63, 3.8) is 0 Å². The van der Waals surface area contributed by atoms with Gasteiger partial charge in [-0.3, -0.25) is 4.79 Å². The molecule has 2 aromatic carbocycles. The van der Waals surface area contributed by atoms with E-state index in [9.17, 15) is 17.6 Å². The molecule has 0 bridgehead atoms. The monoisotopic (exact) mass is 363 g/mol. The average molecular weight is 363 g/mol. The number of hydrogen-bond acceptors (Lipinski definition) is 4. The first-order valence-corrected chi connectivity index (χ1v) is 8.81. The Labute approximate surface area is 145 Å². The third-order valence-corrected chi connectivity index (χ3v) is 4.27. The normalized spacial score (nSPS) is 11.5. The third kappa shape index (κ3) is 4.88. The molecule has 6 nitrogen and oxygen atoms in total. The molecule has 0 fully saturated rings. The Morgan fingerprint density at radius 2 is 1.88 bits per heavy atom. The Bertz CT molecular complexity index is 924. The van der Waals surface area contributed by atoms with Crippen molar-refractivity contribution >= 4 is 33.4 Å². The summed E-state index contributed by atoms with van der Waals surface area (Å²) in [7, 11) is -0.408. The lowest BCUT2D eigenvalue weighted by atomic mass is 10.2. The largest absolute Gasteiger partial charge is 0.376 e. The number of sulfonamides is 1. The number of carbonyl (C=O) groups is 1. The Morgan fingerprint density at radius 1 is 1.20 bits per heavy atom.